The highest BCUT2D eigenvalue weighted by atomic mass is 32.1. The molecule has 0 unspecified atom stereocenters. The summed E-state index contributed by atoms with van der Waals surface area (Å²) < 4.78 is 0. The third-order valence-electron chi connectivity index (χ3n) is 2.46. The van der Waals surface area contributed by atoms with Gasteiger partial charge in [0.15, 0.2) is 0 Å². The molecule has 2 rings (SSSR count). The smallest absolute Gasteiger partial charge is 0.203 e. The molecule has 0 fully saturated rings. The third-order valence-corrected chi connectivity index (χ3v) is 3.27. The van der Waals surface area contributed by atoms with Gasteiger partial charge in [-0.1, -0.05) is 41.2 Å². The van der Waals surface area contributed by atoms with Crippen molar-refractivity contribution < 1.29 is 0 Å². The summed E-state index contributed by atoms with van der Waals surface area (Å²) in [6, 6.07) is 8.67. The second-order valence-corrected chi connectivity index (χ2v) is 4.97. The molecule has 0 amide bonds. The fourth-order valence-electron chi connectivity index (χ4n) is 1.57. The van der Waals surface area contributed by atoms with Crippen LogP contribution in [-0.4, -0.2) is 10.2 Å². The zero-order valence-corrected chi connectivity index (χ0v) is 10.1. The van der Waals surface area contributed by atoms with Crippen molar-refractivity contribution in [3.63, 3.8) is 0 Å². The first-order chi connectivity index (χ1) is 7.74. The van der Waals surface area contributed by atoms with Crippen molar-refractivity contribution >= 4 is 16.5 Å². The van der Waals surface area contributed by atoms with Crippen LogP contribution in [0.15, 0.2) is 24.3 Å². The molecule has 3 nitrogen and oxygen atoms in total. The Kier molecular flexibility index (Phi) is 3.51. The van der Waals surface area contributed by atoms with Crippen molar-refractivity contribution in [3.8, 4) is 0 Å². The van der Waals surface area contributed by atoms with Crippen LogP contribution >= 0.6 is 11.3 Å². The van der Waals surface area contributed by atoms with Gasteiger partial charge < -0.3 is 5.73 Å². The van der Waals surface area contributed by atoms with E-state index in [1.54, 1.807) is 0 Å². The van der Waals surface area contributed by atoms with Crippen molar-refractivity contribution in [3.05, 3.63) is 40.4 Å². The number of rotatable bonds is 4. The standard InChI is InChI=1S/C12H15N3S/c1-9-5-7-10(8-6-9)3-2-4-11-14-15-12(13)16-11/h5-8H,2-4H2,1H3,(H2,13,15). The maximum atomic E-state index is 5.52. The minimum absolute atomic E-state index is 0.560. The summed E-state index contributed by atoms with van der Waals surface area (Å²) in [4.78, 5) is 0. The SMILES string of the molecule is Cc1ccc(CCCc2nnc(N)s2)cc1. The van der Waals surface area contributed by atoms with Crippen LogP contribution in [0.25, 0.3) is 0 Å². The van der Waals surface area contributed by atoms with E-state index in [9.17, 15) is 0 Å². The summed E-state index contributed by atoms with van der Waals surface area (Å²) >= 11 is 1.48. The molecule has 0 bridgehead atoms. The predicted molar refractivity (Wildman–Crippen MR) is 67.5 cm³/mol. The second-order valence-electron chi connectivity index (χ2n) is 3.87. The molecule has 1 aromatic carbocycles. The number of anilines is 1. The number of nitrogens with two attached hydrogens (primary N) is 1. The zero-order chi connectivity index (χ0) is 11.4. The molecule has 0 aliphatic carbocycles. The van der Waals surface area contributed by atoms with Crippen molar-refractivity contribution in [2.24, 2.45) is 0 Å². The van der Waals surface area contributed by atoms with Crippen LogP contribution in [0.2, 0.25) is 0 Å². The molecule has 0 spiro atoms. The highest BCUT2D eigenvalue weighted by Gasteiger charge is 2.01. The number of aryl methyl sites for hydroxylation is 3. The van der Waals surface area contributed by atoms with Crippen LogP contribution in [0.1, 0.15) is 22.6 Å². The number of hydrogen-bond donors (Lipinski definition) is 1. The lowest BCUT2D eigenvalue weighted by atomic mass is 10.1. The van der Waals surface area contributed by atoms with Crippen LogP contribution < -0.4 is 5.73 Å². The fourth-order valence-corrected chi connectivity index (χ4v) is 2.22. The first-order valence-corrected chi connectivity index (χ1v) is 6.19. The largest absolute Gasteiger partial charge is 0.374 e. The van der Waals surface area contributed by atoms with E-state index >= 15 is 0 Å². The van der Waals surface area contributed by atoms with Gasteiger partial charge in [-0.15, -0.1) is 10.2 Å². The van der Waals surface area contributed by atoms with E-state index in [4.69, 9.17) is 5.73 Å². The molecule has 16 heavy (non-hydrogen) atoms. The first-order valence-electron chi connectivity index (χ1n) is 5.37. The van der Waals surface area contributed by atoms with Gasteiger partial charge >= 0.3 is 0 Å². The number of hydrogen-bond acceptors (Lipinski definition) is 4. The highest BCUT2D eigenvalue weighted by Crippen LogP contribution is 2.14. The van der Waals surface area contributed by atoms with Gasteiger partial charge in [0, 0.05) is 6.42 Å². The zero-order valence-electron chi connectivity index (χ0n) is 9.31. The van der Waals surface area contributed by atoms with Crippen molar-refractivity contribution in [1.29, 1.82) is 0 Å². The Morgan fingerprint density at radius 3 is 2.50 bits per heavy atom. The Labute approximate surface area is 99.3 Å². The molecule has 84 valence electrons. The van der Waals surface area contributed by atoms with Gasteiger partial charge in [-0.25, -0.2) is 0 Å². The van der Waals surface area contributed by atoms with Crippen LogP contribution in [0.4, 0.5) is 5.13 Å². The monoisotopic (exact) mass is 233 g/mol. The second kappa shape index (κ2) is 5.07. The number of benzene rings is 1. The summed E-state index contributed by atoms with van der Waals surface area (Å²) in [6.07, 6.45) is 3.14. The summed E-state index contributed by atoms with van der Waals surface area (Å²) in [5.74, 6) is 0. The van der Waals surface area contributed by atoms with Gasteiger partial charge in [0.25, 0.3) is 0 Å². The van der Waals surface area contributed by atoms with E-state index in [-0.39, 0.29) is 0 Å². The van der Waals surface area contributed by atoms with Crippen molar-refractivity contribution in [2.45, 2.75) is 26.2 Å². The molecule has 0 aliphatic rings. The predicted octanol–water partition coefficient (Wildman–Crippen LogP) is 2.60. The molecule has 0 atom stereocenters. The Bertz CT molecular complexity index is 448. The van der Waals surface area contributed by atoms with E-state index in [0.29, 0.717) is 5.13 Å². The lowest BCUT2D eigenvalue weighted by Crippen LogP contribution is -1.89. The Balaban J connectivity index is 1.82. The van der Waals surface area contributed by atoms with E-state index in [2.05, 4.69) is 41.4 Å². The molecule has 2 aromatic rings. The molecule has 2 N–H and O–H groups in total. The minimum Gasteiger partial charge on any atom is -0.374 e. The molecule has 0 aliphatic heterocycles. The van der Waals surface area contributed by atoms with Gasteiger partial charge in [-0.2, -0.15) is 0 Å². The number of nitrogen functional groups attached to an aromatic ring is 1. The number of nitrogens with zero attached hydrogens (tertiary/aromatic N) is 2. The molecule has 0 saturated carbocycles. The number of aromatic nitrogens is 2. The Hall–Kier alpha value is -1.42. The molecule has 1 heterocycles. The third kappa shape index (κ3) is 3.03. The van der Waals surface area contributed by atoms with Gasteiger partial charge in [0.05, 0.1) is 0 Å². The van der Waals surface area contributed by atoms with Crippen LogP contribution in [0, 0.1) is 6.92 Å². The normalized spacial score (nSPS) is 10.6. The quantitative estimate of drug-likeness (QED) is 0.883. The minimum atomic E-state index is 0.560. The van der Waals surface area contributed by atoms with Gasteiger partial charge in [-0.3, -0.25) is 0 Å². The average molecular weight is 233 g/mol. The lowest BCUT2D eigenvalue weighted by molar-refractivity contribution is 0.801. The first kappa shape index (κ1) is 11.1. The van der Waals surface area contributed by atoms with Crippen molar-refractivity contribution in [2.75, 3.05) is 5.73 Å². The average Bonchev–Trinajstić information content (AvgIpc) is 2.67. The van der Waals surface area contributed by atoms with Crippen LogP contribution in [0.5, 0.6) is 0 Å². The topological polar surface area (TPSA) is 51.8 Å². The lowest BCUT2D eigenvalue weighted by Gasteiger charge is -2.00. The van der Waals surface area contributed by atoms with Crippen molar-refractivity contribution in [1.82, 2.24) is 10.2 Å². The molecular formula is C12H15N3S. The summed E-state index contributed by atoms with van der Waals surface area (Å²) in [7, 11) is 0. The van der Waals surface area contributed by atoms with Crippen LogP contribution in [-0.2, 0) is 12.8 Å². The van der Waals surface area contributed by atoms with E-state index < -0.39 is 0 Å². The van der Waals surface area contributed by atoms with E-state index in [0.717, 1.165) is 24.3 Å². The highest BCUT2D eigenvalue weighted by molar-refractivity contribution is 7.15. The van der Waals surface area contributed by atoms with Gasteiger partial charge in [0.2, 0.25) is 5.13 Å². The van der Waals surface area contributed by atoms with E-state index in [1.807, 2.05) is 0 Å². The summed E-state index contributed by atoms with van der Waals surface area (Å²) in [6.45, 7) is 2.10. The molecule has 1 aromatic heterocycles. The molecule has 4 heteroatoms. The molecule has 0 radical (unpaired) electrons. The van der Waals surface area contributed by atoms with E-state index in [1.165, 1.54) is 22.5 Å². The Morgan fingerprint density at radius 2 is 1.88 bits per heavy atom. The summed E-state index contributed by atoms with van der Waals surface area (Å²) in [5.41, 5.74) is 8.21. The maximum Gasteiger partial charge on any atom is 0.203 e. The Morgan fingerprint density at radius 1 is 1.12 bits per heavy atom. The summed E-state index contributed by atoms with van der Waals surface area (Å²) in [5, 5.41) is 9.40. The molecule has 0 saturated heterocycles. The maximum absolute atomic E-state index is 5.52. The fraction of sp³-hybridized carbons (Fsp3) is 0.333. The molecular weight excluding hydrogens is 218 g/mol. The van der Waals surface area contributed by atoms with Crippen LogP contribution in [0.3, 0.4) is 0 Å². The van der Waals surface area contributed by atoms with Gasteiger partial charge in [0.1, 0.15) is 5.01 Å². The van der Waals surface area contributed by atoms with Gasteiger partial charge in [-0.05, 0) is 25.3 Å².